The van der Waals surface area contributed by atoms with Gasteiger partial charge in [-0.25, -0.2) is 4.98 Å². The van der Waals surface area contributed by atoms with Crippen molar-refractivity contribution in [2.24, 2.45) is 0 Å². The molecule has 0 bridgehead atoms. The first-order valence-corrected chi connectivity index (χ1v) is 8.29. The average molecular weight is 345 g/mol. The second-order valence-electron chi connectivity index (χ2n) is 4.79. The number of aromatic nitrogens is 1. The molecule has 0 atom stereocenters. The number of likely N-dealkylation sites (N-methyl/N-ethyl adjacent to an activating group) is 1. The second kappa shape index (κ2) is 8.83. The number of hydrogen-bond acceptors (Lipinski definition) is 5. The van der Waals surface area contributed by atoms with Crippen LogP contribution in [0.15, 0.2) is 30.5 Å². The molecule has 1 heterocycles. The molecule has 0 spiro atoms. The summed E-state index contributed by atoms with van der Waals surface area (Å²) >= 11 is 1.32. The number of carbonyl (C=O) groups is 2. The zero-order valence-corrected chi connectivity index (χ0v) is 14.4. The summed E-state index contributed by atoms with van der Waals surface area (Å²) in [6, 6.07) is 7.38. The molecule has 0 radical (unpaired) electrons. The van der Waals surface area contributed by atoms with Gasteiger partial charge in [-0.2, -0.15) is 0 Å². The summed E-state index contributed by atoms with van der Waals surface area (Å²) < 4.78 is 5.39. The topological polar surface area (TPSA) is 80.3 Å². The van der Waals surface area contributed by atoms with E-state index in [4.69, 9.17) is 4.74 Å². The van der Waals surface area contributed by atoms with E-state index in [1.807, 2.05) is 31.2 Å². The lowest BCUT2D eigenvalue weighted by atomic mass is 10.2. The van der Waals surface area contributed by atoms with Crippen LogP contribution in [0.4, 0.5) is 0 Å². The first kappa shape index (κ1) is 17.7. The number of hydrogen-bond donors (Lipinski definition) is 2. The quantitative estimate of drug-likeness (QED) is 0.806. The standard InChI is InChI=1S/C17H19N3O3S/c1-3-19-15(21)11-23-13-7-4-12(5-8-13)6-9-16-20-10-14(24-16)17(22)18-2/h4-10H,3,11H2,1-2H3,(H,18,22)(H,19,21)/b9-6-. The molecule has 0 saturated carbocycles. The van der Waals surface area contributed by atoms with Crippen LogP contribution in [-0.4, -0.2) is 37.0 Å². The molecule has 2 N–H and O–H groups in total. The van der Waals surface area contributed by atoms with E-state index in [9.17, 15) is 9.59 Å². The molecule has 2 rings (SSSR count). The van der Waals surface area contributed by atoms with Crippen LogP contribution < -0.4 is 15.4 Å². The minimum Gasteiger partial charge on any atom is -0.484 e. The van der Waals surface area contributed by atoms with E-state index in [1.165, 1.54) is 11.3 Å². The molecule has 0 aliphatic heterocycles. The van der Waals surface area contributed by atoms with E-state index in [2.05, 4.69) is 15.6 Å². The zero-order valence-electron chi connectivity index (χ0n) is 13.5. The van der Waals surface area contributed by atoms with Crippen molar-refractivity contribution < 1.29 is 14.3 Å². The fourth-order valence-corrected chi connectivity index (χ4v) is 2.60. The second-order valence-corrected chi connectivity index (χ2v) is 5.85. The van der Waals surface area contributed by atoms with Crippen LogP contribution in [0.3, 0.4) is 0 Å². The fraction of sp³-hybridized carbons (Fsp3) is 0.235. The van der Waals surface area contributed by atoms with E-state index < -0.39 is 0 Å². The third-order valence-corrected chi connectivity index (χ3v) is 3.98. The van der Waals surface area contributed by atoms with Gasteiger partial charge in [0.25, 0.3) is 11.8 Å². The van der Waals surface area contributed by atoms with Crippen LogP contribution in [0.25, 0.3) is 12.2 Å². The summed E-state index contributed by atoms with van der Waals surface area (Å²) in [4.78, 5) is 27.6. The SMILES string of the molecule is CCNC(=O)COc1ccc(/C=C\c2ncc(C(=O)NC)s2)cc1. The number of ether oxygens (including phenoxy) is 1. The molecule has 0 unspecified atom stereocenters. The molecule has 7 heteroatoms. The van der Waals surface area contributed by atoms with E-state index in [-0.39, 0.29) is 18.4 Å². The van der Waals surface area contributed by atoms with Gasteiger partial charge in [-0.3, -0.25) is 9.59 Å². The van der Waals surface area contributed by atoms with Gasteiger partial charge in [0.15, 0.2) is 6.61 Å². The largest absolute Gasteiger partial charge is 0.484 e. The first-order valence-electron chi connectivity index (χ1n) is 7.48. The smallest absolute Gasteiger partial charge is 0.262 e. The highest BCUT2D eigenvalue weighted by molar-refractivity contribution is 7.14. The molecule has 2 amide bonds. The van der Waals surface area contributed by atoms with Gasteiger partial charge in [0, 0.05) is 13.6 Å². The van der Waals surface area contributed by atoms with E-state index in [1.54, 1.807) is 25.4 Å². The normalized spacial score (nSPS) is 10.6. The zero-order chi connectivity index (χ0) is 17.4. The van der Waals surface area contributed by atoms with Crippen molar-refractivity contribution in [1.29, 1.82) is 0 Å². The number of carbonyl (C=O) groups excluding carboxylic acids is 2. The third-order valence-electron chi connectivity index (χ3n) is 3.02. The summed E-state index contributed by atoms with van der Waals surface area (Å²) in [5.74, 6) is 0.354. The number of thiazole rings is 1. The molecular weight excluding hydrogens is 326 g/mol. The lowest BCUT2D eigenvalue weighted by molar-refractivity contribution is -0.122. The Bertz CT molecular complexity index is 723. The number of benzene rings is 1. The predicted octanol–water partition coefficient (Wildman–Crippen LogP) is 2.19. The fourth-order valence-electron chi connectivity index (χ4n) is 1.83. The third kappa shape index (κ3) is 5.20. The number of amides is 2. The van der Waals surface area contributed by atoms with Crippen molar-refractivity contribution in [2.75, 3.05) is 20.2 Å². The van der Waals surface area contributed by atoms with Gasteiger partial charge < -0.3 is 15.4 Å². The molecule has 0 fully saturated rings. The summed E-state index contributed by atoms with van der Waals surface area (Å²) in [5.41, 5.74) is 0.969. The van der Waals surface area contributed by atoms with E-state index >= 15 is 0 Å². The molecule has 6 nitrogen and oxygen atoms in total. The molecule has 1 aromatic carbocycles. The van der Waals surface area contributed by atoms with Gasteiger partial charge >= 0.3 is 0 Å². The predicted molar refractivity (Wildman–Crippen MR) is 95.1 cm³/mol. The molecule has 0 saturated heterocycles. The van der Waals surface area contributed by atoms with Gasteiger partial charge in [-0.1, -0.05) is 18.2 Å². The van der Waals surface area contributed by atoms with Gasteiger partial charge in [0.2, 0.25) is 0 Å². The summed E-state index contributed by atoms with van der Waals surface area (Å²) in [6.45, 7) is 2.45. The first-order chi connectivity index (χ1) is 11.6. The summed E-state index contributed by atoms with van der Waals surface area (Å²) in [6.07, 6.45) is 5.31. The van der Waals surface area contributed by atoms with Crippen LogP contribution in [0.5, 0.6) is 5.75 Å². The number of nitrogens with zero attached hydrogens (tertiary/aromatic N) is 1. The maximum Gasteiger partial charge on any atom is 0.262 e. The molecule has 2 aromatic rings. The Kier molecular flexibility index (Phi) is 6.51. The van der Waals surface area contributed by atoms with Gasteiger partial charge in [0.05, 0.1) is 6.20 Å². The lowest BCUT2D eigenvalue weighted by Gasteiger charge is -2.06. The Morgan fingerprint density at radius 2 is 2.00 bits per heavy atom. The minimum atomic E-state index is -0.142. The highest BCUT2D eigenvalue weighted by Gasteiger charge is 2.06. The van der Waals surface area contributed by atoms with Crippen molar-refractivity contribution in [1.82, 2.24) is 15.6 Å². The Morgan fingerprint density at radius 3 is 2.67 bits per heavy atom. The minimum absolute atomic E-state index is 0.00438. The highest BCUT2D eigenvalue weighted by atomic mass is 32.1. The lowest BCUT2D eigenvalue weighted by Crippen LogP contribution is -2.28. The average Bonchev–Trinajstić information content (AvgIpc) is 3.07. The maximum atomic E-state index is 11.5. The molecule has 24 heavy (non-hydrogen) atoms. The molecule has 0 aliphatic rings. The van der Waals surface area contributed by atoms with Crippen molar-refractivity contribution in [3.63, 3.8) is 0 Å². The van der Waals surface area contributed by atoms with Crippen molar-refractivity contribution in [3.05, 3.63) is 45.9 Å². The van der Waals surface area contributed by atoms with Crippen LogP contribution in [0, 0.1) is 0 Å². The van der Waals surface area contributed by atoms with Crippen LogP contribution in [0.2, 0.25) is 0 Å². The Balaban J connectivity index is 1.92. The Morgan fingerprint density at radius 1 is 1.25 bits per heavy atom. The van der Waals surface area contributed by atoms with Gasteiger partial charge in [-0.05, 0) is 30.7 Å². The maximum absolute atomic E-state index is 11.5. The van der Waals surface area contributed by atoms with Crippen LogP contribution in [-0.2, 0) is 4.79 Å². The highest BCUT2D eigenvalue weighted by Crippen LogP contribution is 2.17. The molecule has 1 aromatic heterocycles. The molecule has 0 aliphatic carbocycles. The van der Waals surface area contributed by atoms with Gasteiger partial charge in [0.1, 0.15) is 15.6 Å². The van der Waals surface area contributed by atoms with Crippen molar-refractivity contribution >= 4 is 35.3 Å². The monoisotopic (exact) mass is 345 g/mol. The number of nitrogens with one attached hydrogen (secondary N) is 2. The number of rotatable bonds is 7. The Labute approximate surface area is 144 Å². The van der Waals surface area contributed by atoms with Crippen molar-refractivity contribution in [3.8, 4) is 5.75 Å². The van der Waals surface area contributed by atoms with Crippen LogP contribution >= 0.6 is 11.3 Å². The Hall–Kier alpha value is -2.67. The summed E-state index contributed by atoms with van der Waals surface area (Å²) in [7, 11) is 1.59. The molecular formula is C17H19N3O3S. The molecule has 126 valence electrons. The van der Waals surface area contributed by atoms with Crippen molar-refractivity contribution in [2.45, 2.75) is 6.92 Å². The van der Waals surface area contributed by atoms with E-state index in [0.29, 0.717) is 17.2 Å². The summed E-state index contributed by atoms with van der Waals surface area (Å²) in [5, 5.41) is 5.99. The van der Waals surface area contributed by atoms with Gasteiger partial charge in [-0.15, -0.1) is 11.3 Å². The van der Waals surface area contributed by atoms with Crippen LogP contribution in [0.1, 0.15) is 27.2 Å². The van der Waals surface area contributed by atoms with E-state index in [0.717, 1.165) is 10.6 Å².